The molecular weight excluding hydrogens is 414 g/mol. The largest absolute Gasteiger partial charge is 0.347 e. The number of rotatable bonds is 4. The minimum absolute atomic E-state index is 0.0733. The minimum atomic E-state index is -0.449. The van der Waals surface area contributed by atoms with Gasteiger partial charge in [0.25, 0.3) is 0 Å². The van der Waals surface area contributed by atoms with Gasteiger partial charge >= 0.3 is 6.03 Å². The third-order valence-electron chi connectivity index (χ3n) is 5.91. The van der Waals surface area contributed by atoms with E-state index in [0.717, 1.165) is 38.7 Å². The third kappa shape index (κ3) is 4.15. The standard InChI is InChI=1S/C26H25N5O2/c1-14(2)20-12-25(32)29-23-7-6-18(11-22(20)23)10-21-15(3)8-19(9-16(21)4)31-26(33)28-17(5)24(13-27)30-31/h6-9,11-12,14H,5,10H2,1-4H3,(H,28,33)(H,29,32). The number of pyridine rings is 1. The molecule has 7 nitrogen and oxygen atoms in total. The summed E-state index contributed by atoms with van der Waals surface area (Å²) in [5, 5.41) is 18.2. The lowest BCUT2D eigenvalue weighted by Crippen LogP contribution is -2.43. The first-order valence-electron chi connectivity index (χ1n) is 10.7. The number of aromatic nitrogens is 1. The number of nitrogens with zero attached hydrogens (tertiary/aromatic N) is 3. The highest BCUT2D eigenvalue weighted by Crippen LogP contribution is 2.29. The molecule has 0 spiro atoms. The summed E-state index contributed by atoms with van der Waals surface area (Å²) in [5.41, 5.74) is 6.95. The average Bonchev–Trinajstić information content (AvgIpc) is 2.75. The summed E-state index contributed by atoms with van der Waals surface area (Å²) in [6, 6.07) is 13.1. The predicted octanol–water partition coefficient (Wildman–Crippen LogP) is 4.78. The highest BCUT2D eigenvalue weighted by molar-refractivity contribution is 6.17. The van der Waals surface area contributed by atoms with Crippen molar-refractivity contribution in [2.45, 2.75) is 40.0 Å². The fourth-order valence-corrected chi connectivity index (χ4v) is 4.20. The number of anilines is 1. The number of allylic oxidation sites excluding steroid dienone is 1. The van der Waals surface area contributed by atoms with Crippen LogP contribution in [-0.2, 0) is 6.42 Å². The van der Waals surface area contributed by atoms with Crippen LogP contribution in [0.15, 0.2) is 58.6 Å². The van der Waals surface area contributed by atoms with Gasteiger partial charge in [0, 0.05) is 17.0 Å². The Morgan fingerprint density at radius 2 is 1.82 bits per heavy atom. The van der Waals surface area contributed by atoms with Crippen molar-refractivity contribution in [1.82, 2.24) is 10.3 Å². The Morgan fingerprint density at radius 1 is 1.12 bits per heavy atom. The Bertz CT molecular complexity index is 1420. The van der Waals surface area contributed by atoms with Gasteiger partial charge in [0.1, 0.15) is 6.07 Å². The van der Waals surface area contributed by atoms with Crippen LogP contribution in [-0.4, -0.2) is 16.7 Å². The lowest BCUT2D eigenvalue weighted by molar-refractivity contribution is 0.248. The number of aromatic amines is 1. The zero-order valence-electron chi connectivity index (χ0n) is 19.1. The predicted molar refractivity (Wildman–Crippen MR) is 131 cm³/mol. The summed E-state index contributed by atoms with van der Waals surface area (Å²) in [4.78, 5) is 27.3. The van der Waals surface area contributed by atoms with E-state index in [4.69, 9.17) is 0 Å². The topological polar surface area (TPSA) is 101 Å². The van der Waals surface area contributed by atoms with E-state index in [1.165, 1.54) is 5.01 Å². The van der Waals surface area contributed by atoms with Crippen LogP contribution in [0, 0.1) is 25.2 Å². The quantitative estimate of drug-likeness (QED) is 0.611. The minimum Gasteiger partial charge on any atom is -0.322 e. The van der Waals surface area contributed by atoms with E-state index >= 15 is 0 Å². The number of hydrazone groups is 1. The molecule has 33 heavy (non-hydrogen) atoms. The van der Waals surface area contributed by atoms with Crippen LogP contribution in [0.4, 0.5) is 10.5 Å². The number of H-pyrrole nitrogens is 1. The molecule has 0 atom stereocenters. The van der Waals surface area contributed by atoms with E-state index in [1.54, 1.807) is 6.07 Å². The Balaban J connectivity index is 1.72. The van der Waals surface area contributed by atoms with Gasteiger partial charge in [-0.1, -0.05) is 26.5 Å². The SMILES string of the molecule is C=C1NC(=O)N(c2cc(C)c(Cc3ccc4[nH]c(=O)cc(C(C)C)c4c3)c(C)c2)N=C1C#N. The van der Waals surface area contributed by atoms with Crippen molar-refractivity contribution >= 4 is 28.3 Å². The van der Waals surface area contributed by atoms with Gasteiger partial charge in [-0.3, -0.25) is 4.79 Å². The van der Waals surface area contributed by atoms with Gasteiger partial charge in [-0.15, -0.1) is 0 Å². The lowest BCUT2D eigenvalue weighted by atomic mass is 9.92. The van der Waals surface area contributed by atoms with Crippen LogP contribution in [0.25, 0.3) is 10.9 Å². The van der Waals surface area contributed by atoms with Gasteiger partial charge in [-0.25, -0.2) is 4.79 Å². The van der Waals surface area contributed by atoms with Crippen LogP contribution in [0.3, 0.4) is 0 Å². The van der Waals surface area contributed by atoms with Crippen LogP contribution < -0.4 is 15.9 Å². The second-order valence-electron chi connectivity index (χ2n) is 8.64. The molecule has 3 aromatic rings. The van der Waals surface area contributed by atoms with E-state index in [1.807, 2.05) is 44.2 Å². The molecule has 166 valence electrons. The first kappa shape index (κ1) is 22.0. The van der Waals surface area contributed by atoms with Gasteiger partial charge in [0.05, 0.1) is 11.4 Å². The first-order valence-corrected chi connectivity index (χ1v) is 10.7. The van der Waals surface area contributed by atoms with Crippen molar-refractivity contribution in [3.05, 3.63) is 86.8 Å². The molecule has 4 rings (SSSR count). The summed E-state index contributed by atoms with van der Waals surface area (Å²) < 4.78 is 0. The van der Waals surface area contributed by atoms with E-state index < -0.39 is 6.03 Å². The molecule has 0 fully saturated rings. The van der Waals surface area contributed by atoms with Crippen molar-refractivity contribution in [3.63, 3.8) is 0 Å². The molecule has 2 aromatic carbocycles. The van der Waals surface area contributed by atoms with Crippen molar-refractivity contribution < 1.29 is 4.79 Å². The average molecular weight is 440 g/mol. The van der Waals surface area contributed by atoms with E-state index in [9.17, 15) is 14.9 Å². The normalized spacial score (nSPS) is 13.8. The van der Waals surface area contributed by atoms with Gasteiger partial charge in [0.15, 0.2) is 5.71 Å². The summed E-state index contributed by atoms with van der Waals surface area (Å²) in [5.74, 6) is 0.235. The molecule has 0 aliphatic carbocycles. The Kier molecular flexibility index (Phi) is 5.60. The van der Waals surface area contributed by atoms with E-state index in [0.29, 0.717) is 12.1 Å². The molecule has 0 radical (unpaired) electrons. The second-order valence-corrected chi connectivity index (χ2v) is 8.64. The molecule has 7 heteroatoms. The number of nitrogens with one attached hydrogen (secondary N) is 2. The van der Waals surface area contributed by atoms with Crippen molar-refractivity contribution in [3.8, 4) is 6.07 Å². The number of carbonyl (C=O) groups is 1. The second kappa shape index (κ2) is 8.40. The lowest BCUT2D eigenvalue weighted by Gasteiger charge is -2.24. The van der Waals surface area contributed by atoms with Crippen molar-refractivity contribution in [2.24, 2.45) is 5.10 Å². The molecule has 1 aromatic heterocycles. The summed E-state index contributed by atoms with van der Waals surface area (Å²) in [6.45, 7) is 11.8. The fraction of sp³-hybridized carbons (Fsp3) is 0.231. The zero-order valence-corrected chi connectivity index (χ0v) is 19.1. The number of urea groups is 1. The van der Waals surface area contributed by atoms with E-state index in [2.05, 4.69) is 41.9 Å². The summed E-state index contributed by atoms with van der Waals surface area (Å²) in [7, 11) is 0. The van der Waals surface area contributed by atoms with Crippen LogP contribution in [0.2, 0.25) is 0 Å². The molecule has 1 aliphatic rings. The van der Waals surface area contributed by atoms with Gasteiger partial charge in [-0.2, -0.15) is 15.4 Å². The highest BCUT2D eigenvalue weighted by atomic mass is 16.2. The molecule has 0 bridgehead atoms. The Hall–Kier alpha value is -4.18. The molecule has 2 heterocycles. The molecule has 2 N–H and O–H groups in total. The van der Waals surface area contributed by atoms with Gasteiger partial charge in [0.2, 0.25) is 5.56 Å². The van der Waals surface area contributed by atoms with Crippen LogP contribution in [0.5, 0.6) is 0 Å². The molecule has 0 saturated carbocycles. The molecule has 1 aliphatic heterocycles. The third-order valence-corrected chi connectivity index (χ3v) is 5.91. The highest BCUT2D eigenvalue weighted by Gasteiger charge is 2.25. The maximum atomic E-state index is 12.4. The van der Waals surface area contributed by atoms with Crippen LogP contribution >= 0.6 is 0 Å². The molecule has 0 saturated heterocycles. The fourth-order valence-electron chi connectivity index (χ4n) is 4.20. The number of benzene rings is 2. The number of carbonyl (C=O) groups excluding carboxylic acids is 1. The number of hydrogen-bond acceptors (Lipinski definition) is 4. The Labute approximate surface area is 192 Å². The number of aryl methyl sites for hydroxylation is 2. The summed E-state index contributed by atoms with van der Waals surface area (Å²) in [6.07, 6.45) is 0.709. The number of fused-ring (bicyclic) bond motifs is 1. The zero-order chi connectivity index (χ0) is 23.9. The number of nitriles is 1. The maximum absolute atomic E-state index is 12.4. The summed E-state index contributed by atoms with van der Waals surface area (Å²) >= 11 is 0. The number of amides is 2. The number of hydrogen-bond donors (Lipinski definition) is 2. The van der Waals surface area contributed by atoms with Gasteiger partial charge < -0.3 is 10.3 Å². The van der Waals surface area contributed by atoms with E-state index in [-0.39, 0.29) is 22.9 Å². The maximum Gasteiger partial charge on any atom is 0.347 e. The van der Waals surface area contributed by atoms with Gasteiger partial charge in [-0.05, 0) is 78.3 Å². The monoisotopic (exact) mass is 439 g/mol. The van der Waals surface area contributed by atoms with Crippen molar-refractivity contribution in [1.29, 1.82) is 5.26 Å². The molecule has 2 amide bonds. The smallest absolute Gasteiger partial charge is 0.322 e. The molecule has 0 unspecified atom stereocenters. The molecular formula is C26H25N5O2. The van der Waals surface area contributed by atoms with Crippen LogP contribution in [0.1, 0.15) is 47.6 Å². The van der Waals surface area contributed by atoms with Crippen molar-refractivity contribution in [2.75, 3.05) is 5.01 Å². The first-order chi connectivity index (χ1) is 15.7. The Morgan fingerprint density at radius 3 is 2.45 bits per heavy atom.